The van der Waals surface area contributed by atoms with E-state index in [1.54, 1.807) is 18.2 Å². The molecule has 0 saturated carbocycles. The van der Waals surface area contributed by atoms with Gasteiger partial charge in [-0.15, -0.1) is 0 Å². The summed E-state index contributed by atoms with van der Waals surface area (Å²) >= 11 is 0. The summed E-state index contributed by atoms with van der Waals surface area (Å²) in [7, 11) is -0.809. The number of sulfonamides is 1. The molecule has 0 bridgehead atoms. The molecule has 0 saturated heterocycles. The molecule has 0 aliphatic carbocycles. The third-order valence-electron chi connectivity index (χ3n) is 3.99. The van der Waals surface area contributed by atoms with Crippen molar-refractivity contribution in [1.29, 1.82) is 0 Å². The fraction of sp³-hybridized carbons (Fsp3) is 0.294. The van der Waals surface area contributed by atoms with Crippen molar-refractivity contribution in [1.82, 2.24) is 4.31 Å². The Bertz CT molecular complexity index is 867. The lowest BCUT2D eigenvalue weighted by molar-refractivity contribution is 0.356. The van der Waals surface area contributed by atoms with Crippen molar-refractivity contribution in [3.05, 3.63) is 53.3 Å². The summed E-state index contributed by atoms with van der Waals surface area (Å²) in [5, 5.41) is 0. The number of hydrogen-bond acceptors (Lipinski definition) is 4. The molecule has 0 N–H and O–H groups in total. The van der Waals surface area contributed by atoms with E-state index in [2.05, 4.69) is 0 Å². The quantitative estimate of drug-likeness (QED) is 0.831. The second-order valence-electron chi connectivity index (χ2n) is 5.60. The molecule has 2 aromatic rings. The highest BCUT2D eigenvalue weighted by Crippen LogP contribution is 2.29. The first-order valence-electron chi connectivity index (χ1n) is 7.46. The summed E-state index contributed by atoms with van der Waals surface area (Å²) in [6.45, 7) is 0.636. The van der Waals surface area contributed by atoms with Crippen LogP contribution in [0.4, 0.5) is 4.39 Å². The monoisotopic (exact) mass is 351 g/mol. The molecular formula is C17H18FNO4S. The van der Waals surface area contributed by atoms with E-state index in [4.69, 9.17) is 9.47 Å². The SMILES string of the molecule is COc1ccc(CN(C)S(=O)(=O)c2ccc3c(c2)CCO3)cc1F. The minimum absolute atomic E-state index is 0.0663. The van der Waals surface area contributed by atoms with Crippen LogP contribution in [-0.2, 0) is 23.0 Å². The van der Waals surface area contributed by atoms with E-state index in [-0.39, 0.29) is 17.2 Å². The molecule has 5 nitrogen and oxygen atoms in total. The molecule has 0 unspecified atom stereocenters. The lowest BCUT2D eigenvalue weighted by atomic mass is 10.2. The summed E-state index contributed by atoms with van der Waals surface area (Å²) in [5.74, 6) is 0.340. The fourth-order valence-corrected chi connectivity index (χ4v) is 3.86. The summed E-state index contributed by atoms with van der Waals surface area (Å²) in [5.41, 5.74) is 1.43. The number of hydrogen-bond donors (Lipinski definition) is 0. The Morgan fingerprint density at radius 1 is 1.25 bits per heavy atom. The van der Waals surface area contributed by atoms with E-state index in [9.17, 15) is 12.8 Å². The highest BCUT2D eigenvalue weighted by Gasteiger charge is 2.24. The summed E-state index contributed by atoms with van der Waals surface area (Å²) in [6.07, 6.45) is 0.700. The molecule has 0 aromatic heterocycles. The number of rotatable bonds is 5. The lowest BCUT2D eigenvalue weighted by Crippen LogP contribution is -2.26. The van der Waals surface area contributed by atoms with E-state index in [1.807, 2.05) is 0 Å². The van der Waals surface area contributed by atoms with E-state index < -0.39 is 15.8 Å². The van der Waals surface area contributed by atoms with Gasteiger partial charge in [0, 0.05) is 20.0 Å². The normalized spacial score (nSPS) is 13.7. The predicted molar refractivity (Wildman–Crippen MR) is 87.2 cm³/mol. The molecule has 2 aromatic carbocycles. The molecule has 0 fully saturated rings. The van der Waals surface area contributed by atoms with Gasteiger partial charge in [-0.1, -0.05) is 6.07 Å². The topological polar surface area (TPSA) is 55.8 Å². The molecule has 3 rings (SSSR count). The van der Waals surface area contributed by atoms with Crippen molar-refractivity contribution in [2.75, 3.05) is 20.8 Å². The molecule has 1 aliphatic heterocycles. The first-order chi connectivity index (χ1) is 11.4. The zero-order valence-corrected chi connectivity index (χ0v) is 14.3. The lowest BCUT2D eigenvalue weighted by Gasteiger charge is -2.18. The van der Waals surface area contributed by atoms with Crippen LogP contribution in [0, 0.1) is 5.82 Å². The Hall–Kier alpha value is -2.12. The molecule has 1 aliphatic rings. The van der Waals surface area contributed by atoms with Gasteiger partial charge >= 0.3 is 0 Å². The molecule has 7 heteroatoms. The molecule has 1 heterocycles. The van der Waals surface area contributed by atoms with Crippen molar-refractivity contribution >= 4 is 10.0 Å². The standard InChI is InChI=1S/C17H18FNO4S/c1-19(11-12-3-5-17(22-2)15(18)9-12)24(20,21)14-4-6-16-13(10-14)7-8-23-16/h3-6,9-10H,7-8,11H2,1-2H3. The van der Waals surface area contributed by atoms with Crippen LogP contribution in [-0.4, -0.2) is 33.5 Å². The summed E-state index contributed by atoms with van der Waals surface area (Å²) in [6, 6.07) is 9.26. The van der Waals surface area contributed by atoms with E-state index in [0.717, 1.165) is 11.3 Å². The first kappa shape index (κ1) is 16.7. The maximum absolute atomic E-state index is 13.8. The van der Waals surface area contributed by atoms with E-state index >= 15 is 0 Å². The zero-order valence-electron chi connectivity index (χ0n) is 13.5. The zero-order chi connectivity index (χ0) is 17.3. The number of fused-ring (bicyclic) bond motifs is 1. The molecule has 0 amide bonds. The van der Waals surface area contributed by atoms with Gasteiger partial charge in [-0.3, -0.25) is 0 Å². The highest BCUT2D eigenvalue weighted by atomic mass is 32.2. The van der Waals surface area contributed by atoms with Gasteiger partial charge in [0.15, 0.2) is 11.6 Å². The second kappa shape index (κ2) is 6.41. The Morgan fingerprint density at radius 3 is 2.75 bits per heavy atom. The first-order valence-corrected chi connectivity index (χ1v) is 8.90. The van der Waals surface area contributed by atoms with Crippen molar-refractivity contribution in [2.24, 2.45) is 0 Å². The van der Waals surface area contributed by atoms with E-state index in [1.165, 1.54) is 36.7 Å². The van der Waals surface area contributed by atoms with Crippen molar-refractivity contribution in [2.45, 2.75) is 17.9 Å². The van der Waals surface area contributed by atoms with Crippen LogP contribution in [0.1, 0.15) is 11.1 Å². The number of halogens is 1. The second-order valence-corrected chi connectivity index (χ2v) is 7.64. The van der Waals surface area contributed by atoms with Crippen molar-refractivity contribution in [3.63, 3.8) is 0 Å². The largest absolute Gasteiger partial charge is 0.494 e. The minimum atomic E-state index is -3.66. The van der Waals surface area contributed by atoms with Crippen LogP contribution in [0.25, 0.3) is 0 Å². The smallest absolute Gasteiger partial charge is 0.243 e. The molecule has 0 spiro atoms. The minimum Gasteiger partial charge on any atom is -0.494 e. The van der Waals surface area contributed by atoms with Crippen LogP contribution in [0.2, 0.25) is 0 Å². The Morgan fingerprint density at radius 2 is 2.04 bits per heavy atom. The molecular weight excluding hydrogens is 333 g/mol. The summed E-state index contributed by atoms with van der Waals surface area (Å²) in [4.78, 5) is 0.211. The third-order valence-corrected chi connectivity index (χ3v) is 5.79. The van der Waals surface area contributed by atoms with Gasteiger partial charge in [-0.05, 0) is 41.5 Å². The summed E-state index contributed by atoms with van der Waals surface area (Å²) < 4.78 is 50.6. The Labute approximate surface area is 140 Å². The van der Waals surface area contributed by atoms with Gasteiger partial charge < -0.3 is 9.47 Å². The highest BCUT2D eigenvalue weighted by molar-refractivity contribution is 7.89. The maximum Gasteiger partial charge on any atom is 0.243 e. The van der Waals surface area contributed by atoms with Crippen molar-refractivity contribution in [3.8, 4) is 11.5 Å². The molecule has 24 heavy (non-hydrogen) atoms. The average Bonchev–Trinajstić information content (AvgIpc) is 3.02. The maximum atomic E-state index is 13.8. The molecule has 0 atom stereocenters. The van der Waals surface area contributed by atoms with Crippen LogP contribution < -0.4 is 9.47 Å². The van der Waals surface area contributed by atoms with Gasteiger partial charge in [-0.2, -0.15) is 4.31 Å². The van der Waals surface area contributed by atoms with Gasteiger partial charge in [0.1, 0.15) is 5.75 Å². The van der Waals surface area contributed by atoms with Crippen LogP contribution in [0.15, 0.2) is 41.3 Å². The number of benzene rings is 2. The van der Waals surface area contributed by atoms with Gasteiger partial charge in [0.25, 0.3) is 0 Å². The number of nitrogens with zero attached hydrogens (tertiary/aromatic N) is 1. The number of ether oxygens (including phenoxy) is 2. The molecule has 0 radical (unpaired) electrons. The fourth-order valence-electron chi connectivity index (χ4n) is 2.65. The van der Waals surface area contributed by atoms with Gasteiger partial charge in [0.05, 0.1) is 18.6 Å². The van der Waals surface area contributed by atoms with Crippen molar-refractivity contribution < 1.29 is 22.3 Å². The van der Waals surface area contributed by atoms with Crippen LogP contribution in [0.5, 0.6) is 11.5 Å². The van der Waals surface area contributed by atoms with Gasteiger partial charge in [0.2, 0.25) is 10.0 Å². The van der Waals surface area contributed by atoms with Crippen LogP contribution in [0.3, 0.4) is 0 Å². The molecule has 128 valence electrons. The van der Waals surface area contributed by atoms with Crippen LogP contribution >= 0.6 is 0 Å². The predicted octanol–water partition coefficient (Wildman–Crippen LogP) is 2.59. The average molecular weight is 351 g/mol. The third kappa shape index (κ3) is 3.09. The Balaban J connectivity index is 1.83. The number of methoxy groups -OCH3 is 1. The van der Waals surface area contributed by atoms with Gasteiger partial charge in [-0.25, -0.2) is 12.8 Å². The Kier molecular flexibility index (Phi) is 4.47. The van der Waals surface area contributed by atoms with E-state index in [0.29, 0.717) is 18.6 Å².